The van der Waals surface area contributed by atoms with E-state index in [0.29, 0.717) is 0 Å². The van der Waals surface area contributed by atoms with E-state index in [-0.39, 0.29) is 0 Å². The lowest BCUT2D eigenvalue weighted by Gasteiger charge is -2.32. The molecule has 3 nitrogen and oxygen atoms in total. The van der Waals surface area contributed by atoms with Crippen LogP contribution in [-0.2, 0) is 5.41 Å². The molecule has 0 unspecified atom stereocenters. The van der Waals surface area contributed by atoms with Gasteiger partial charge in [-0.2, -0.15) is 0 Å². The molecule has 0 saturated carbocycles. The molecule has 1 spiro atoms. The Hall–Kier alpha value is -9.70. The van der Waals surface area contributed by atoms with Gasteiger partial charge in [-0.3, -0.25) is 0 Å². The highest BCUT2D eigenvalue weighted by molar-refractivity contribution is 6.17. The van der Waals surface area contributed by atoms with Crippen molar-refractivity contribution >= 4 is 71.6 Å². The Morgan fingerprint density at radius 1 is 0.311 bits per heavy atom. The van der Waals surface area contributed by atoms with Crippen molar-refractivity contribution in [3.05, 3.63) is 289 Å². The quantitative estimate of drug-likeness (QED) is 0.166. The molecule has 0 amide bonds. The summed E-state index contributed by atoms with van der Waals surface area (Å²) in [5, 5.41) is 7.06. The van der Waals surface area contributed by atoms with Crippen molar-refractivity contribution in [1.82, 2.24) is 4.57 Å². The van der Waals surface area contributed by atoms with Crippen molar-refractivity contribution in [1.29, 1.82) is 0 Å². The maximum Gasteiger partial charge on any atom is 0.143 e. The van der Waals surface area contributed by atoms with Crippen LogP contribution >= 0.6 is 0 Å². The zero-order valence-corrected chi connectivity index (χ0v) is 40.2. The number of anilines is 3. The Balaban J connectivity index is 0.889. The Bertz CT molecular complexity index is 4510. The van der Waals surface area contributed by atoms with Crippen molar-refractivity contribution in [3.8, 4) is 50.2 Å². The summed E-state index contributed by atoms with van der Waals surface area (Å²) in [6, 6.07) is 98.2. The van der Waals surface area contributed by atoms with Crippen LogP contribution in [0.5, 0.6) is 0 Å². The molecular weight excluding hydrogens is 897 g/mol. The number of rotatable bonds is 6. The third-order valence-electron chi connectivity index (χ3n) is 16.2. The zero-order valence-electron chi connectivity index (χ0n) is 40.2. The topological polar surface area (TPSA) is 21.3 Å². The van der Waals surface area contributed by atoms with Gasteiger partial charge in [-0.15, -0.1) is 0 Å². The van der Waals surface area contributed by atoms with Crippen molar-refractivity contribution in [3.63, 3.8) is 0 Å². The summed E-state index contributed by atoms with van der Waals surface area (Å²) in [7, 11) is 0. The number of furan rings is 1. The van der Waals surface area contributed by atoms with E-state index < -0.39 is 5.41 Å². The maximum atomic E-state index is 6.86. The van der Waals surface area contributed by atoms with Crippen molar-refractivity contribution in [2.24, 2.45) is 0 Å². The minimum Gasteiger partial charge on any atom is -0.455 e. The van der Waals surface area contributed by atoms with E-state index in [0.717, 1.165) is 66.8 Å². The fourth-order valence-corrected chi connectivity index (χ4v) is 13.2. The number of fused-ring (bicyclic) bond motifs is 18. The fourth-order valence-electron chi connectivity index (χ4n) is 13.2. The molecule has 0 bridgehead atoms. The van der Waals surface area contributed by atoms with E-state index in [1.165, 1.54) is 77.3 Å². The van der Waals surface area contributed by atoms with Crippen molar-refractivity contribution in [2.75, 3.05) is 4.90 Å². The first kappa shape index (κ1) is 41.0. The van der Waals surface area contributed by atoms with Gasteiger partial charge < -0.3 is 13.9 Å². The van der Waals surface area contributed by atoms with Gasteiger partial charge in [0.15, 0.2) is 0 Å². The average molecular weight is 941 g/mol. The highest BCUT2D eigenvalue weighted by Crippen LogP contribution is 2.64. The van der Waals surface area contributed by atoms with Gasteiger partial charge in [0.2, 0.25) is 0 Å². The number of benzene rings is 12. The molecule has 0 radical (unpaired) electrons. The summed E-state index contributed by atoms with van der Waals surface area (Å²) in [6.07, 6.45) is 0. The van der Waals surface area contributed by atoms with Gasteiger partial charge in [0.1, 0.15) is 11.2 Å². The second-order valence-electron chi connectivity index (χ2n) is 19.9. The molecule has 16 rings (SSSR count). The average Bonchev–Trinajstić information content (AvgIpc) is 4.20. The molecule has 0 saturated heterocycles. The predicted octanol–water partition coefficient (Wildman–Crippen LogP) is 19.0. The highest BCUT2D eigenvalue weighted by Gasteiger charge is 2.52. The van der Waals surface area contributed by atoms with Crippen LogP contribution in [0.2, 0.25) is 0 Å². The number of nitrogens with zero attached hydrogens (tertiary/aromatic N) is 2. The van der Waals surface area contributed by atoms with E-state index >= 15 is 0 Å². The second kappa shape index (κ2) is 15.6. The first-order valence-corrected chi connectivity index (χ1v) is 25.6. The lowest BCUT2D eigenvalue weighted by molar-refractivity contribution is 0.674. The monoisotopic (exact) mass is 940 g/mol. The first-order chi connectivity index (χ1) is 36.7. The maximum absolute atomic E-state index is 6.86. The first-order valence-electron chi connectivity index (χ1n) is 25.6. The molecule has 2 aliphatic rings. The van der Waals surface area contributed by atoms with Crippen LogP contribution in [0, 0.1) is 0 Å². The van der Waals surface area contributed by atoms with Crippen LogP contribution < -0.4 is 4.90 Å². The smallest absolute Gasteiger partial charge is 0.143 e. The third kappa shape index (κ3) is 5.61. The lowest BCUT2D eigenvalue weighted by Crippen LogP contribution is -2.26. The Morgan fingerprint density at radius 2 is 0.784 bits per heavy atom. The van der Waals surface area contributed by atoms with Crippen LogP contribution in [0.3, 0.4) is 0 Å². The number of aromatic nitrogens is 1. The molecule has 2 aliphatic carbocycles. The molecule has 2 aromatic heterocycles. The zero-order chi connectivity index (χ0) is 48.5. The normalized spacial score (nSPS) is 13.0. The highest BCUT2D eigenvalue weighted by atomic mass is 16.3. The third-order valence-corrected chi connectivity index (χ3v) is 16.2. The van der Waals surface area contributed by atoms with Crippen LogP contribution in [0.4, 0.5) is 17.1 Å². The molecule has 0 atom stereocenters. The van der Waals surface area contributed by atoms with Gasteiger partial charge in [0.05, 0.1) is 27.8 Å². The van der Waals surface area contributed by atoms with E-state index in [1.54, 1.807) is 0 Å². The summed E-state index contributed by atoms with van der Waals surface area (Å²) < 4.78 is 9.28. The van der Waals surface area contributed by atoms with Crippen molar-refractivity contribution in [2.45, 2.75) is 5.41 Å². The molecule has 0 fully saturated rings. The molecule has 3 heteroatoms. The second-order valence-corrected chi connectivity index (χ2v) is 19.9. The molecule has 0 N–H and O–H groups in total. The van der Waals surface area contributed by atoms with Gasteiger partial charge >= 0.3 is 0 Å². The van der Waals surface area contributed by atoms with Crippen LogP contribution in [-0.4, -0.2) is 4.57 Å². The molecule has 74 heavy (non-hydrogen) atoms. The SMILES string of the molecule is c1ccc(-n2c3ccccc3c3ccccc32)c(-c2ccc(N(c3ccc(-c4cccc5c4oc4c6ccccc6ccc54)cc3)c3cccc4c3-c3ccccc3C43c4ccccc4-c4ccccc43)cc2)c1. The van der Waals surface area contributed by atoms with Gasteiger partial charge in [0.25, 0.3) is 0 Å². The van der Waals surface area contributed by atoms with Gasteiger partial charge in [0, 0.05) is 55.0 Å². The van der Waals surface area contributed by atoms with Gasteiger partial charge in [-0.1, -0.05) is 212 Å². The lowest BCUT2D eigenvalue weighted by atomic mass is 9.70. The Kier molecular flexibility index (Phi) is 8.66. The molecule has 2 heterocycles. The van der Waals surface area contributed by atoms with Crippen LogP contribution in [0.25, 0.3) is 105 Å². The van der Waals surface area contributed by atoms with Gasteiger partial charge in [-0.25, -0.2) is 0 Å². The largest absolute Gasteiger partial charge is 0.455 e. The summed E-state index contributed by atoms with van der Waals surface area (Å²) in [5.41, 5.74) is 23.0. The number of hydrogen-bond acceptors (Lipinski definition) is 2. The minimum atomic E-state index is -0.471. The summed E-state index contributed by atoms with van der Waals surface area (Å²) in [4.78, 5) is 2.47. The number of hydrogen-bond donors (Lipinski definition) is 0. The molecule has 0 aliphatic heterocycles. The number of para-hydroxylation sites is 4. The standard InChI is InChI=1S/C71H44N2O/c1-2-19-51-45(17-1)39-44-58-57-26-15-25-52(69(57)74-70(51)58)47-37-42-49(43-38-47)72(48-40-35-46(36-41-48)50-18-6-12-31-64(50)73-65-32-13-7-22-55(65)56-23-8-14-33-66(56)73)67-34-16-30-63-68(67)59-24-5-11-29-62(59)71(63)60-27-9-3-20-53(60)54-21-4-10-28-61(54)71/h1-44H. The van der Waals surface area contributed by atoms with Crippen LogP contribution in [0.15, 0.2) is 271 Å². The van der Waals surface area contributed by atoms with E-state index in [9.17, 15) is 0 Å². The van der Waals surface area contributed by atoms with E-state index in [1.807, 2.05) is 0 Å². The van der Waals surface area contributed by atoms with Gasteiger partial charge in [-0.05, 0) is 110 Å². The summed E-state index contributed by atoms with van der Waals surface area (Å²) in [6.45, 7) is 0. The molecular formula is C71H44N2O. The molecule has 12 aromatic carbocycles. The molecule has 14 aromatic rings. The fraction of sp³-hybridized carbons (Fsp3) is 0.0141. The van der Waals surface area contributed by atoms with E-state index in [2.05, 4.69) is 276 Å². The summed E-state index contributed by atoms with van der Waals surface area (Å²) in [5.74, 6) is 0. The Morgan fingerprint density at radius 3 is 1.46 bits per heavy atom. The van der Waals surface area contributed by atoms with Crippen LogP contribution in [0.1, 0.15) is 22.3 Å². The van der Waals surface area contributed by atoms with Crippen molar-refractivity contribution < 1.29 is 4.42 Å². The minimum absolute atomic E-state index is 0.471. The van der Waals surface area contributed by atoms with E-state index in [4.69, 9.17) is 4.42 Å². The predicted molar refractivity (Wildman–Crippen MR) is 307 cm³/mol. The molecule has 344 valence electrons. The Labute approximate surface area is 428 Å². The summed E-state index contributed by atoms with van der Waals surface area (Å²) >= 11 is 0.